The lowest BCUT2D eigenvalue weighted by Gasteiger charge is -2.32. The summed E-state index contributed by atoms with van der Waals surface area (Å²) >= 11 is 0. The van der Waals surface area contributed by atoms with E-state index in [1.807, 2.05) is 0 Å². The summed E-state index contributed by atoms with van der Waals surface area (Å²) in [5, 5.41) is 9.96. The zero-order chi connectivity index (χ0) is 60.4. The fourth-order valence-corrected chi connectivity index (χ4v) is 13.0. The fourth-order valence-electron chi connectivity index (χ4n) is 13.0. The molecule has 13 rings (SSSR count). The molecule has 0 fully saturated rings. The normalized spacial score (nSPS) is 12.8. The Labute approximate surface area is 511 Å². The number of fused-ring (bicyclic) bond motifs is 3. The predicted octanol–water partition coefficient (Wildman–Crippen LogP) is 24.3. The van der Waals surface area contributed by atoms with E-state index >= 15 is 0 Å². The Bertz CT molecular complexity index is 4530. The maximum Gasteiger partial charge on any atom is 0.0541 e. The molecule has 2 nitrogen and oxygen atoms in total. The van der Waals surface area contributed by atoms with E-state index in [9.17, 15) is 0 Å². The lowest BCUT2D eigenvalue weighted by atomic mass is 9.78. The molecule has 0 aliphatic rings. The first-order chi connectivity index (χ1) is 40.8. The predicted molar refractivity (Wildman–Crippen MR) is 374 cm³/mol. The van der Waals surface area contributed by atoms with Crippen molar-refractivity contribution in [3.63, 3.8) is 0 Å². The highest BCUT2D eigenvalue weighted by atomic mass is 15.1. The van der Waals surface area contributed by atoms with Gasteiger partial charge in [-0.15, -0.1) is 0 Å². The van der Waals surface area contributed by atoms with Gasteiger partial charge in [0.1, 0.15) is 0 Å². The van der Waals surface area contributed by atoms with Crippen LogP contribution in [0.15, 0.2) is 224 Å². The molecule has 0 aliphatic heterocycles. The molecule has 13 aromatic rings. The van der Waals surface area contributed by atoms with Crippen molar-refractivity contribution in [2.75, 3.05) is 4.90 Å². The number of hydrogen-bond donors (Lipinski definition) is 0. The van der Waals surface area contributed by atoms with Crippen molar-refractivity contribution in [3.8, 4) is 50.2 Å². The molecule has 0 N–H and O–H groups in total. The average molecular weight is 1120 g/mol. The van der Waals surface area contributed by atoms with Crippen molar-refractivity contribution < 1.29 is 0 Å². The van der Waals surface area contributed by atoms with E-state index in [4.69, 9.17) is 0 Å². The second kappa shape index (κ2) is 20.5. The molecule has 12 aromatic carbocycles. The monoisotopic (exact) mass is 1120 g/mol. The van der Waals surface area contributed by atoms with Crippen molar-refractivity contribution in [2.45, 2.75) is 131 Å². The number of para-hydroxylation sites is 2. The topological polar surface area (TPSA) is 8.17 Å². The number of benzene rings is 12. The molecule has 0 unspecified atom stereocenters. The van der Waals surface area contributed by atoms with Crippen LogP contribution in [0.3, 0.4) is 0 Å². The molecule has 0 atom stereocenters. The number of hydrogen-bond acceptors (Lipinski definition) is 1. The molecule has 2 heteroatoms. The third-order valence-electron chi connectivity index (χ3n) is 18.2. The Morgan fingerprint density at radius 1 is 0.256 bits per heavy atom. The first-order valence-electron chi connectivity index (χ1n) is 31.0. The average Bonchev–Trinajstić information content (AvgIpc) is 1.23. The molecule has 86 heavy (non-hydrogen) atoms. The Hall–Kier alpha value is -8.72. The van der Waals surface area contributed by atoms with Gasteiger partial charge in [-0.1, -0.05) is 274 Å². The standard InChI is InChI=1S/C84H82N2/c1-80(2,3)63-42-60(43-64(50-63)81(4,5)6)58-41-59(61-44-65(82(7,8)9)51-66(45-61)83(10,11)12)48-68(47-58)85(69-49-62(46-67(52-69)84(13,14)15)55-31-29-54(30-32-55)53-23-17-16-18-24-53)76-39-35-56-34-38-73-77(40-36-57-33-37-72(76)78(56)79(57)73)86-74-27-21-19-25-70(74)71-26-20-22-28-75(71)86/h16-52H,1-15H3. The van der Waals surface area contributed by atoms with Gasteiger partial charge in [-0.2, -0.15) is 0 Å². The highest BCUT2D eigenvalue weighted by molar-refractivity contribution is 6.27. The van der Waals surface area contributed by atoms with Crippen LogP contribution in [-0.2, 0) is 27.1 Å². The van der Waals surface area contributed by atoms with E-state index < -0.39 is 0 Å². The summed E-state index contributed by atoms with van der Waals surface area (Å²) in [6.07, 6.45) is 0. The van der Waals surface area contributed by atoms with Crippen molar-refractivity contribution >= 4 is 71.2 Å². The Kier molecular flexibility index (Phi) is 13.4. The van der Waals surface area contributed by atoms with Crippen LogP contribution in [0, 0.1) is 0 Å². The van der Waals surface area contributed by atoms with Gasteiger partial charge in [0.05, 0.1) is 22.4 Å². The van der Waals surface area contributed by atoms with E-state index in [0.717, 1.165) is 17.1 Å². The summed E-state index contributed by atoms with van der Waals surface area (Å²) in [5.74, 6) is 0. The highest BCUT2D eigenvalue weighted by Gasteiger charge is 2.28. The lowest BCUT2D eigenvalue weighted by Crippen LogP contribution is -2.17. The summed E-state index contributed by atoms with van der Waals surface area (Å²) in [7, 11) is 0. The number of nitrogens with zero attached hydrogens (tertiary/aromatic N) is 2. The first kappa shape index (κ1) is 56.4. The van der Waals surface area contributed by atoms with Gasteiger partial charge in [0, 0.05) is 32.9 Å². The van der Waals surface area contributed by atoms with Gasteiger partial charge in [-0.05, 0) is 176 Å². The summed E-state index contributed by atoms with van der Waals surface area (Å²) in [5.41, 5.74) is 22.7. The van der Waals surface area contributed by atoms with Gasteiger partial charge in [-0.3, -0.25) is 0 Å². The van der Waals surface area contributed by atoms with Crippen molar-refractivity contribution in [1.82, 2.24) is 4.57 Å². The number of anilines is 3. The zero-order valence-electron chi connectivity index (χ0n) is 53.3. The van der Waals surface area contributed by atoms with E-state index in [1.54, 1.807) is 0 Å². The van der Waals surface area contributed by atoms with Crippen LogP contribution in [0.25, 0.3) is 104 Å². The van der Waals surface area contributed by atoms with E-state index in [2.05, 4.69) is 338 Å². The van der Waals surface area contributed by atoms with E-state index in [-0.39, 0.29) is 27.1 Å². The van der Waals surface area contributed by atoms with Gasteiger partial charge in [0.2, 0.25) is 0 Å². The van der Waals surface area contributed by atoms with Crippen LogP contribution in [0.1, 0.15) is 132 Å². The minimum Gasteiger partial charge on any atom is -0.310 e. The maximum atomic E-state index is 2.61. The molecule has 0 saturated carbocycles. The summed E-state index contributed by atoms with van der Waals surface area (Å²) in [6, 6.07) is 86.2. The van der Waals surface area contributed by atoms with E-state index in [0.29, 0.717) is 0 Å². The third kappa shape index (κ3) is 10.3. The number of rotatable bonds is 8. The minimum absolute atomic E-state index is 0.0721. The Morgan fingerprint density at radius 2 is 0.605 bits per heavy atom. The van der Waals surface area contributed by atoms with Crippen LogP contribution in [0.5, 0.6) is 0 Å². The third-order valence-corrected chi connectivity index (χ3v) is 18.2. The van der Waals surface area contributed by atoms with E-state index in [1.165, 1.54) is 132 Å². The molecule has 0 spiro atoms. The molecule has 0 aliphatic carbocycles. The molecular weight excluding hydrogens is 1040 g/mol. The highest BCUT2D eigenvalue weighted by Crippen LogP contribution is 2.50. The second-order valence-electron chi connectivity index (χ2n) is 29.6. The fraction of sp³-hybridized carbons (Fsp3) is 0.238. The molecule has 0 bridgehead atoms. The van der Waals surface area contributed by atoms with Crippen LogP contribution in [0.2, 0.25) is 0 Å². The van der Waals surface area contributed by atoms with Crippen molar-refractivity contribution in [2.24, 2.45) is 0 Å². The van der Waals surface area contributed by atoms with Crippen molar-refractivity contribution in [3.05, 3.63) is 252 Å². The minimum atomic E-state index is -0.174. The van der Waals surface area contributed by atoms with Gasteiger partial charge in [-0.25, -0.2) is 0 Å². The van der Waals surface area contributed by atoms with Crippen LogP contribution < -0.4 is 4.90 Å². The molecule has 1 heterocycles. The van der Waals surface area contributed by atoms with Gasteiger partial charge in [0.15, 0.2) is 0 Å². The molecule has 0 saturated heterocycles. The molecule has 0 amide bonds. The van der Waals surface area contributed by atoms with Crippen LogP contribution in [0.4, 0.5) is 17.1 Å². The molecule has 0 radical (unpaired) electrons. The number of aromatic nitrogens is 1. The SMILES string of the molecule is CC(C)(C)c1cc(-c2ccc(-c3ccccc3)cc2)cc(N(c2cc(-c3cc(C(C)(C)C)cc(C(C)(C)C)c3)cc(-c3cc(C(C)(C)C)cc(C(C)(C)C)c3)c2)c2ccc3ccc4c(-n5c6ccccc6c6ccccc65)ccc5ccc2c3c54)c1. The Morgan fingerprint density at radius 3 is 1.08 bits per heavy atom. The maximum absolute atomic E-state index is 2.61. The summed E-state index contributed by atoms with van der Waals surface area (Å²) < 4.78 is 2.49. The largest absolute Gasteiger partial charge is 0.310 e. The summed E-state index contributed by atoms with van der Waals surface area (Å²) in [4.78, 5) is 2.61. The van der Waals surface area contributed by atoms with Crippen LogP contribution >= 0.6 is 0 Å². The first-order valence-corrected chi connectivity index (χ1v) is 31.0. The smallest absolute Gasteiger partial charge is 0.0541 e. The van der Waals surface area contributed by atoms with Gasteiger partial charge in [0.25, 0.3) is 0 Å². The van der Waals surface area contributed by atoms with Gasteiger partial charge >= 0.3 is 0 Å². The second-order valence-corrected chi connectivity index (χ2v) is 29.6. The van der Waals surface area contributed by atoms with Gasteiger partial charge < -0.3 is 9.47 Å². The molecule has 428 valence electrons. The zero-order valence-corrected chi connectivity index (χ0v) is 53.3. The quantitative estimate of drug-likeness (QED) is 0.138. The van der Waals surface area contributed by atoms with Crippen molar-refractivity contribution in [1.29, 1.82) is 0 Å². The molecule has 1 aromatic heterocycles. The summed E-state index contributed by atoms with van der Waals surface area (Å²) in [6.45, 7) is 35.3. The lowest BCUT2D eigenvalue weighted by molar-refractivity contribution is 0.568. The van der Waals surface area contributed by atoms with Crippen LogP contribution in [-0.4, -0.2) is 4.57 Å². The molecular formula is C84H82N2. The Balaban J connectivity index is 1.14.